The zero-order chi connectivity index (χ0) is 38.6. The van der Waals surface area contributed by atoms with E-state index < -0.39 is 67.7 Å². The maximum atomic E-state index is 14.5. The highest BCUT2D eigenvalue weighted by atomic mass is 79.9. The summed E-state index contributed by atoms with van der Waals surface area (Å²) in [6.07, 6.45) is 7.05. The van der Waals surface area contributed by atoms with Gasteiger partial charge in [0.2, 0.25) is 27.7 Å². The number of nitrogens with zero attached hydrogens (tertiary/aromatic N) is 4. The normalized spacial score (nSPS) is 27.6. The second-order valence-corrected chi connectivity index (χ2v) is 18.3. The van der Waals surface area contributed by atoms with Crippen LogP contribution in [0.3, 0.4) is 0 Å². The van der Waals surface area contributed by atoms with Crippen LogP contribution in [0, 0.1) is 31.0 Å². The third-order valence-corrected chi connectivity index (χ3v) is 13.9. The van der Waals surface area contributed by atoms with Crippen molar-refractivity contribution in [1.82, 2.24) is 30.1 Å². The molecule has 17 heteroatoms. The standard InChI is InChI=1S/C37H42BrFN6O8S/c1-20-13-28(43-53-20)32(47)41-26-10-8-6-4-5-7-9-22-17-37(22,35(49)44-54(50,51)36(3)11-12-36)18-30(46)29-16-24(19-45(29)34(26)48)52-33-21(2)40-31-25(38)14-23(39)15-27(31)42-33/h7,9,13-15,22,24,26,29H,4-6,8,10-12,16-19H2,1-3H3,(H,41,47)(H,44,49)/b9-7-/t22-,24-,26+,29+,37-/m1/s1. The first-order chi connectivity index (χ1) is 25.6. The molecule has 7 rings (SSSR count). The summed E-state index contributed by atoms with van der Waals surface area (Å²) < 4.78 is 53.6. The van der Waals surface area contributed by atoms with Gasteiger partial charge < -0.3 is 19.5 Å². The third-order valence-electron chi connectivity index (χ3n) is 11.1. The van der Waals surface area contributed by atoms with E-state index in [0.29, 0.717) is 47.1 Å². The van der Waals surface area contributed by atoms with Gasteiger partial charge in [-0.1, -0.05) is 30.2 Å². The lowest BCUT2D eigenvalue weighted by Crippen LogP contribution is -2.52. The molecule has 0 radical (unpaired) electrons. The number of sulfonamides is 1. The first-order valence-electron chi connectivity index (χ1n) is 18.2. The average Bonchev–Trinajstić information content (AvgIpc) is 3.91. The molecule has 2 aromatic heterocycles. The minimum atomic E-state index is -3.98. The number of halogens is 2. The summed E-state index contributed by atoms with van der Waals surface area (Å²) >= 11 is 3.32. The molecular formula is C37H42BrFN6O8S. The fourth-order valence-corrected chi connectivity index (χ4v) is 9.26. The van der Waals surface area contributed by atoms with E-state index in [4.69, 9.17) is 9.26 Å². The summed E-state index contributed by atoms with van der Waals surface area (Å²) in [5.74, 6) is -2.65. The van der Waals surface area contributed by atoms with Gasteiger partial charge in [-0.25, -0.2) is 22.8 Å². The van der Waals surface area contributed by atoms with Crippen LogP contribution < -0.4 is 14.8 Å². The van der Waals surface area contributed by atoms with Crippen LogP contribution in [0.15, 0.2) is 39.3 Å². The Bertz CT molecular complexity index is 2170. The van der Waals surface area contributed by atoms with E-state index >= 15 is 0 Å². The van der Waals surface area contributed by atoms with Crippen molar-refractivity contribution in [3.8, 4) is 5.88 Å². The molecule has 2 aliphatic carbocycles. The number of hydrogen-bond acceptors (Lipinski definition) is 11. The number of fused-ring (bicyclic) bond motifs is 3. The number of carbonyl (C=O) groups is 4. The average molecular weight is 830 g/mol. The summed E-state index contributed by atoms with van der Waals surface area (Å²) in [4.78, 5) is 66.6. The van der Waals surface area contributed by atoms with Gasteiger partial charge in [-0.05, 0) is 87.2 Å². The molecule has 5 atom stereocenters. The second-order valence-electron chi connectivity index (χ2n) is 15.3. The fourth-order valence-electron chi connectivity index (χ4n) is 7.42. The number of ketones is 1. The summed E-state index contributed by atoms with van der Waals surface area (Å²) in [5, 5.41) is 6.59. The van der Waals surface area contributed by atoms with Crippen LogP contribution in [-0.2, 0) is 24.4 Å². The number of carbonyl (C=O) groups excluding carboxylic acids is 4. The highest BCUT2D eigenvalue weighted by Crippen LogP contribution is 2.57. The van der Waals surface area contributed by atoms with Crippen molar-refractivity contribution in [2.24, 2.45) is 11.3 Å². The number of allylic oxidation sites excluding steroid dienone is 2. The molecule has 2 N–H and O–H groups in total. The van der Waals surface area contributed by atoms with Gasteiger partial charge in [0.15, 0.2) is 11.5 Å². The molecule has 3 fully saturated rings. The van der Waals surface area contributed by atoms with Crippen molar-refractivity contribution in [2.45, 2.75) is 108 Å². The van der Waals surface area contributed by atoms with Crippen LogP contribution in [0.2, 0.25) is 0 Å². The number of amides is 3. The van der Waals surface area contributed by atoms with Gasteiger partial charge >= 0.3 is 0 Å². The predicted molar refractivity (Wildman–Crippen MR) is 196 cm³/mol. The molecule has 4 aliphatic rings. The van der Waals surface area contributed by atoms with Gasteiger partial charge in [0.1, 0.15) is 34.9 Å². The molecule has 4 heterocycles. The highest BCUT2D eigenvalue weighted by molar-refractivity contribution is 9.10. The number of hydrogen-bond donors (Lipinski definition) is 2. The third kappa shape index (κ3) is 7.53. The number of aromatic nitrogens is 3. The van der Waals surface area contributed by atoms with Crippen LogP contribution in [0.5, 0.6) is 5.88 Å². The Morgan fingerprint density at radius 2 is 1.89 bits per heavy atom. The van der Waals surface area contributed by atoms with Gasteiger partial charge in [0.25, 0.3) is 5.91 Å². The van der Waals surface area contributed by atoms with E-state index in [1.54, 1.807) is 20.8 Å². The summed E-state index contributed by atoms with van der Waals surface area (Å²) in [5.41, 5.74) is -0.229. The highest BCUT2D eigenvalue weighted by Gasteiger charge is 2.62. The van der Waals surface area contributed by atoms with Gasteiger partial charge in [-0.3, -0.25) is 23.9 Å². The first kappa shape index (κ1) is 38.0. The molecular weight excluding hydrogens is 787 g/mol. The number of rotatable bonds is 7. The molecule has 0 unspecified atom stereocenters. The monoisotopic (exact) mass is 828 g/mol. The maximum absolute atomic E-state index is 14.5. The molecule has 1 saturated heterocycles. The molecule has 0 spiro atoms. The molecule has 2 saturated carbocycles. The molecule has 2 aliphatic heterocycles. The van der Waals surface area contributed by atoms with Crippen molar-refractivity contribution in [3.63, 3.8) is 0 Å². The number of aryl methyl sites for hydroxylation is 2. The largest absolute Gasteiger partial charge is 0.471 e. The van der Waals surface area contributed by atoms with E-state index in [9.17, 15) is 32.0 Å². The lowest BCUT2D eigenvalue weighted by molar-refractivity contribution is -0.140. The Kier molecular flexibility index (Phi) is 10.2. The fraction of sp³-hybridized carbons (Fsp3) is 0.541. The van der Waals surface area contributed by atoms with E-state index in [0.717, 1.165) is 12.8 Å². The Hall–Kier alpha value is -4.25. The first-order valence-corrected chi connectivity index (χ1v) is 20.5. The minimum Gasteiger partial charge on any atom is -0.471 e. The van der Waals surface area contributed by atoms with Gasteiger partial charge in [0, 0.05) is 29.4 Å². The van der Waals surface area contributed by atoms with Gasteiger partial charge in [-0.2, -0.15) is 0 Å². The number of nitrogens with one attached hydrogen (secondary N) is 2. The van der Waals surface area contributed by atoms with Crippen LogP contribution in [0.1, 0.15) is 93.1 Å². The Morgan fingerprint density at radius 1 is 1.11 bits per heavy atom. The zero-order valence-corrected chi connectivity index (χ0v) is 32.6. The molecule has 288 valence electrons. The van der Waals surface area contributed by atoms with Crippen LogP contribution in [0.25, 0.3) is 11.0 Å². The SMILES string of the molecule is Cc1cc(C(=O)N[C@H]2CCCCC/C=C\[C@@H]3C[C@@]3(C(=O)NS(=O)(=O)C3(C)CC3)CC(=O)[C@@H]3C[C@@H](Oc4nc5cc(F)cc(Br)c5nc4C)CN3C2=O)no1. The number of ether oxygens (including phenoxy) is 1. The maximum Gasteiger partial charge on any atom is 0.274 e. The van der Waals surface area contributed by atoms with Crippen molar-refractivity contribution in [3.05, 3.63) is 57.8 Å². The van der Waals surface area contributed by atoms with Crippen LogP contribution >= 0.6 is 15.9 Å². The molecule has 54 heavy (non-hydrogen) atoms. The van der Waals surface area contributed by atoms with Gasteiger partial charge in [0.05, 0.1) is 28.3 Å². The van der Waals surface area contributed by atoms with Crippen molar-refractivity contribution >= 4 is 60.5 Å². The Morgan fingerprint density at radius 3 is 2.61 bits per heavy atom. The zero-order valence-electron chi connectivity index (χ0n) is 30.2. The minimum absolute atomic E-state index is 0.00718. The number of benzene rings is 1. The molecule has 3 amide bonds. The van der Waals surface area contributed by atoms with Crippen molar-refractivity contribution < 1.29 is 41.2 Å². The van der Waals surface area contributed by atoms with Crippen molar-refractivity contribution in [1.29, 1.82) is 0 Å². The Labute approximate surface area is 320 Å². The van der Waals surface area contributed by atoms with E-state index in [2.05, 4.69) is 41.1 Å². The molecule has 1 aromatic carbocycles. The topological polar surface area (TPSA) is 191 Å². The lowest BCUT2D eigenvalue weighted by atomic mass is 9.91. The molecule has 3 aromatic rings. The van der Waals surface area contributed by atoms with Crippen LogP contribution in [0.4, 0.5) is 4.39 Å². The Balaban J connectivity index is 1.20. The second kappa shape index (κ2) is 14.4. The van der Waals surface area contributed by atoms with Gasteiger partial charge in [-0.15, -0.1) is 0 Å². The summed E-state index contributed by atoms with van der Waals surface area (Å²) in [7, 11) is -3.98. The predicted octanol–water partition coefficient (Wildman–Crippen LogP) is 4.77. The smallest absolute Gasteiger partial charge is 0.274 e. The van der Waals surface area contributed by atoms with E-state index in [1.807, 2.05) is 12.2 Å². The summed E-state index contributed by atoms with van der Waals surface area (Å²) in [6.45, 7) is 4.85. The summed E-state index contributed by atoms with van der Waals surface area (Å²) in [6, 6.07) is 1.87. The van der Waals surface area contributed by atoms with E-state index in [1.165, 1.54) is 23.1 Å². The molecule has 0 bridgehead atoms. The van der Waals surface area contributed by atoms with Crippen LogP contribution in [-0.4, -0.2) is 81.4 Å². The lowest BCUT2D eigenvalue weighted by Gasteiger charge is -2.29. The number of Topliss-reactive ketones (excluding diaryl/α,β-unsaturated/α-hetero) is 1. The van der Waals surface area contributed by atoms with E-state index in [-0.39, 0.29) is 55.2 Å². The quantitative estimate of drug-likeness (QED) is 0.312. The molecule has 14 nitrogen and oxygen atoms in total. The van der Waals surface area contributed by atoms with Crippen molar-refractivity contribution in [2.75, 3.05) is 6.54 Å².